The molecule has 0 radical (unpaired) electrons. The second-order valence-corrected chi connectivity index (χ2v) is 5.39. The molecular weight excluding hydrogens is 266 g/mol. The zero-order valence-corrected chi connectivity index (χ0v) is 12.5. The molecule has 1 fully saturated rings. The average molecular weight is 287 g/mol. The largest absolute Gasteiger partial charge is 0.469 e. The molecule has 4 heteroatoms. The molecule has 1 saturated heterocycles. The molecule has 21 heavy (non-hydrogen) atoms. The van der Waals surface area contributed by atoms with Crippen LogP contribution in [0.15, 0.2) is 30.3 Å². The maximum Gasteiger partial charge on any atom is 0.310 e. The number of likely N-dealkylation sites (tertiary alicyclic amines) is 1. The summed E-state index contributed by atoms with van der Waals surface area (Å²) in [6.45, 7) is 3.17. The first-order chi connectivity index (χ1) is 10.1. The summed E-state index contributed by atoms with van der Waals surface area (Å²) in [5, 5.41) is 0. The Balaban J connectivity index is 1.96. The average Bonchev–Trinajstić information content (AvgIpc) is 2.53. The topological polar surface area (TPSA) is 46.6 Å². The lowest BCUT2D eigenvalue weighted by Gasteiger charge is -2.30. The normalized spacial score (nSPS) is 18.8. The Bertz CT molecular complexity index is 533. The monoisotopic (exact) mass is 287 g/mol. The highest BCUT2D eigenvalue weighted by Crippen LogP contribution is 2.18. The number of ether oxygens (including phenoxy) is 1. The van der Waals surface area contributed by atoms with E-state index >= 15 is 0 Å². The van der Waals surface area contributed by atoms with Crippen molar-refractivity contribution in [1.29, 1.82) is 0 Å². The van der Waals surface area contributed by atoms with Crippen molar-refractivity contribution in [3.8, 4) is 0 Å². The Morgan fingerprint density at radius 1 is 1.29 bits per heavy atom. The van der Waals surface area contributed by atoms with Crippen molar-refractivity contribution in [2.24, 2.45) is 5.92 Å². The van der Waals surface area contributed by atoms with Crippen LogP contribution in [0.5, 0.6) is 0 Å². The first-order valence-corrected chi connectivity index (χ1v) is 7.21. The number of hydrogen-bond acceptors (Lipinski definition) is 3. The summed E-state index contributed by atoms with van der Waals surface area (Å²) in [6.07, 6.45) is 5.01. The molecule has 1 aliphatic rings. The van der Waals surface area contributed by atoms with E-state index in [0.29, 0.717) is 13.1 Å². The number of piperidine rings is 1. The van der Waals surface area contributed by atoms with Crippen LogP contribution < -0.4 is 0 Å². The fourth-order valence-electron chi connectivity index (χ4n) is 2.49. The number of nitrogens with zero attached hydrogens (tertiary/aromatic N) is 1. The third-order valence-electron chi connectivity index (χ3n) is 3.76. The zero-order valence-electron chi connectivity index (χ0n) is 12.5. The number of rotatable bonds is 3. The second kappa shape index (κ2) is 7.07. The van der Waals surface area contributed by atoms with Crippen molar-refractivity contribution in [2.45, 2.75) is 19.8 Å². The number of aryl methyl sites for hydroxylation is 1. The van der Waals surface area contributed by atoms with E-state index in [0.717, 1.165) is 18.4 Å². The van der Waals surface area contributed by atoms with Gasteiger partial charge in [-0.05, 0) is 31.4 Å². The van der Waals surface area contributed by atoms with Gasteiger partial charge in [-0.25, -0.2) is 0 Å². The van der Waals surface area contributed by atoms with Gasteiger partial charge >= 0.3 is 5.97 Å². The van der Waals surface area contributed by atoms with Crippen molar-refractivity contribution in [3.63, 3.8) is 0 Å². The fourth-order valence-corrected chi connectivity index (χ4v) is 2.49. The number of carbonyl (C=O) groups excluding carboxylic acids is 2. The van der Waals surface area contributed by atoms with Crippen LogP contribution in [0, 0.1) is 12.8 Å². The van der Waals surface area contributed by atoms with Crippen LogP contribution in [0.3, 0.4) is 0 Å². The first kappa shape index (κ1) is 15.3. The minimum absolute atomic E-state index is 0.0517. The first-order valence-electron chi connectivity index (χ1n) is 7.21. The van der Waals surface area contributed by atoms with E-state index in [1.54, 1.807) is 11.0 Å². The van der Waals surface area contributed by atoms with Gasteiger partial charge in [-0.3, -0.25) is 9.59 Å². The fraction of sp³-hybridized carbons (Fsp3) is 0.412. The number of hydrogen-bond donors (Lipinski definition) is 0. The summed E-state index contributed by atoms with van der Waals surface area (Å²) < 4.78 is 4.76. The molecule has 1 aliphatic heterocycles. The lowest BCUT2D eigenvalue weighted by molar-refractivity contribution is -0.148. The molecule has 1 amide bonds. The highest BCUT2D eigenvalue weighted by molar-refractivity contribution is 5.92. The summed E-state index contributed by atoms with van der Waals surface area (Å²) >= 11 is 0. The van der Waals surface area contributed by atoms with E-state index in [9.17, 15) is 9.59 Å². The van der Waals surface area contributed by atoms with E-state index in [-0.39, 0.29) is 17.8 Å². The Morgan fingerprint density at radius 3 is 2.67 bits per heavy atom. The quantitative estimate of drug-likeness (QED) is 0.633. The van der Waals surface area contributed by atoms with Gasteiger partial charge in [0.2, 0.25) is 5.91 Å². The minimum atomic E-state index is -0.227. The molecule has 0 bridgehead atoms. The Kier molecular flexibility index (Phi) is 5.14. The van der Waals surface area contributed by atoms with Crippen molar-refractivity contribution in [3.05, 3.63) is 41.5 Å². The van der Waals surface area contributed by atoms with Crippen molar-refractivity contribution in [1.82, 2.24) is 4.90 Å². The molecule has 1 aromatic rings. The third kappa shape index (κ3) is 4.18. The van der Waals surface area contributed by atoms with Crippen LogP contribution in [-0.4, -0.2) is 37.0 Å². The highest BCUT2D eigenvalue weighted by atomic mass is 16.5. The van der Waals surface area contributed by atoms with Crippen LogP contribution in [0.1, 0.15) is 24.0 Å². The van der Waals surface area contributed by atoms with Crippen LogP contribution >= 0.6 is 0 Å². The number of esters is 1. The van der Waals surface area contributed by atoms with Crippen LogP contribution in [0.2, 0.25) is 0 Å². The van der Waals surface area contributed by atoms with E-state index < -0.39 is 0 Å². The summed E-state index contributed by atoms with van der Waals surface area (Å²) in [6, 6.07) is 7.98. The predicted octanol–water partition coefficient (Wildman–Crippen LogP) is 2.42. The van der Waals surface area contributed by atoms with Gasteiger partial charge in [0.15, 0.2) is 0 Å². The third-order valence-corrected chi connectivity index (χ3v) is 3.76. The summed E-state index contributed by atoms with van der Waals surface area (Å²) in [7, 11) is 1.39. The Hall–Kier alpha value is -2.10. The van der Waals surface area contributed by atoms with Crippen LogP contribution in [-0.2, 0) is 14.3 Å². The van der Waals surface area contributed by atoms with Gasteiger partial charge in [0.25, 0.3) is 0 Å². The molecule has 2 rings (SSSR count). The maximum atomic E-state index is 12.2. The van der Waals surface area contributed by atoms with E-state index in [1.165, 1.54) is 12.7 Å². The summed E-state index contributed by atoms with van der Waals surface area (Å²) in [5.41, 5.74) is 2.19. The van der Waals surface area contributed by atoms with Crippen LogP contribution in [0.4, 0.5) is 0 Å². The van der Waals surface area contributed by atoms with E-state index in [2.05, 4.69) is 0 Å². The predicted molar refractivity (Wildman–Crippen MR) is 81.5 cm³/mol. The highest BCUT2D eigenvalue weighted by Gasteiger charge is 2.27. The maximum absolute atomic E-state index is 12.2. The van der Waals surface area contributed by atoms with Crippen molar-refractivity contribution < 1.29 is 14.3 Å². The Labute approximate surface area is 125 Å². The van der Waals surface area contributed by atoms with E-state index in [1.807, 2.05) is 37.3 Å². The number of amides is 1. The van der Waals surface area contributed by atoms with Gasteiger partial charge in [0.1, 0.15) is 0 Å². The van der Waals surface area contributed by atoms with E-state index in [4.69, 9.17) is 4.74 Å². The SMILES string of the molecule is COC(=O)C1CCCN(C(=O)/C=C/c2ccc(C)cc2)C1. The van der Waals surface area contributed by atoms with Gasteiger partial charge in [-0.2, -0.15) is 0 Å². The molecule has 1 heterocycles. The number of benzene rings is 1. The molecule has 0 aromatic heterocycles. The van der Waals surface area contributed by atoms with Gasteiger partial charge in [-0.15, -0.1) is 0 Å². The molecule has 112 valence electrons. The zero-order chi connectivity index (χ0) is 15.2. The van der Waals surface area contributed by atoms with Crippen molar-refractivity contribution >= 4 is 18.0 Å². The molecule has 0 saturated carbocycles. The lowest BCUT2D eigenvalue weighted by atomic mass is 9.98. The lowest BCUT2D eigenvalue weighted by Crippen LogP contribution is -2.41. The standard InChI is InChI=1S/C17H21NO3/c1-13-5-7-14(8-6-13)9-10-16(19)18-11-3-4-15(12-18)17(20)21-2/h5-10,15H,3-4,11-12H2,1-2H3/b10-9+. The molecule has 0 N–H and O–H groups in total. The minimum Gasteiger partial charge on any atom is -0.469 e. The molecule has 1 atom stereocenters. The van der Waals surface area contributed by atoms with Crippen LogP contribution in [0.25, 0.3) is 6.08 Å². The van der Waals surface area contributed by atoms with Gasteiger partial charge in [0, 0.05) is 19.2 Å². The smallest absolute Gasteiger partial charge is 0.310 e. The van der Waals surface area contributed by atoms with Gasteiger partial charge < -0.3 is 9.64 Å². The molecule has 1 unspecified atom stereocenters. The molecular formula is C17H21NO3. The second-order valence-electron chi connectivity index (χ2n) is 5.39. The summed E-state index contributed by atoms with van der Waals surface area (Å²) in [5.74, 6) is -0.473. The molecule has 0 spiro atoms. The Morgan fingerprint density at radius 2 is 2.00 bits per heavy atom. The molecule has 4 nitrogen and oxygen atoms in total. The van der Waals surface area contributed by atoms with Gasteiger partial charge in [-0.1, -0.05) is 29.8 Å². The van der Waals surface area contributed by atoms with Gasteiger partial charge in [0.05, 0.1) is 13.0 Å². The number of methoxy groups -OCH3 is 1. The van der Waals surface area contributed by atoms with Crippen molar-refractivity contribution in [2.75, 3.05) is 20.2 Å². The molecule has 0 aliphatic carbocycles. The summed E-state index contributed by atoms with van der Waals surface area (Å²) in [4.78, 5) is 25.5. The molecule has 1 aromatic carbocycles. The number of carbonyl (C=O) groups is 2.